The highest BCUT2D eigenvalue weighted by Crippen LogP contribution is 2.19. The third-order valence-electron chi connectivity index (χ3n) is 3.32. The van der Waals surface area contributed by atoms with E-state index in [2.05, 4.69) is 10.6 Å². The number of rotatable bonds is 7. The second-order valence-electron chi connectivity index (χ2n) is 5.52. The number of aryl methyl sites for hydroxylation is 1. The van der Waals surface area contributed by atoms with Gasteiger partial charge in [-0.2, -0.15) is 0 Å². The van der Waals surface area contributed by atoms with Crippen molar-refractivity contribution in [2.45, 2.75) is 19.4 Å². The number of carbonyl (C=O) groups is 1. The topological polar surface area (TPSA) is 83.7 Å². The Hall–Kier alpha value is -2.47. The number of benzene rings is 1. The van der Waals surface area contributed by atoms with Crippen molar-refractivity contribution in [1.29, 1.82) is 0 Å². The number of furan rings is 1. The minimum atomic E-state index is -1.25. The Morgan fingerprint density at radius 1 is 1.26 bits per heavy atom. The molecule has 0 saturated carbocycles. The summed E-state index contributed by atoms with van der Waals surface area (Å²) in [4.78, 5) is 11.7. The summed E-state index contributed by atoms with van der Waals surface area (Å²) in [5.74, 6) is 1.17. The first kappa shape index (κ1) is 16.9. The van der Waals surface area contributed by atoms with Gasteiger partial charge in [0.05, 0.1) is 19.4 Å². The molecule has 1 unspecified atom stereocenters. The fraction of sp³-hybridized carbons (Fsp3) is 0.353. The van der Waals surface area contributed by atoms with Gasteiger partial charge in [-0.25, -0.2) is 4.79 Å². The molecule has 1 atom stereocenters. The summed E-state index contributed by atoms with van der Waals surface area (Å²) in [5.41, 5.74) is -0.0855. The fourth-order valence-corrected chi connectivity index (χ4v) is 1.95. The van der Waals surface area contributed by atoms with Crippen molar-refractivity contribution in [3.05, 3.63) is 54.0 Å². The normalized spacial score (nSPS) is 13.2. The van der Waals surface area contributed by atoms with Crippen LogP contribution in [-0.4, -0.2) is 30.8 Å². The van der Waals surface area contributed by atoms with E-state index in [-0.39, 0.29) is 12.6 Å². The Bertz CT molecular complexity index is 606. The molecule has 124 valence electrons. The van der Waals surface area contributed by atoms with Gasteiger partial charge in [0, 0.05) is 0 Å². The van der Waals surface area contributed by atoms with Gasteiger partial charge in [-0.15, -0.1) is 0 Å². The molecular formula is C17H22N2O4. The first-order valence-electron chi connectivity index (χ1n) is 7.45. The lowest BCUT2D eigenvalue weighted by molar-refractivity contribution is 0.0367. The van der Waals surface area contributed by atoms with Gasteiger partial charge < -0.3 is 24.9 Å². The third kappa shape index (κ3) is 5.34. The second kappa shape index (κ2) is 7.69. The van der Waals surface area contributed by atoms with Crippen LogP contribution in [0.3, 0.4) is 0 Å². The lowest BCUT2D eigenvalue weighted by Gasteiger charge is -2.21. The molecule has 2 aromatic rings. The van der Waals surface area contributed by atoms with Crippen LogP contribution in [0.25, 0.3) is 0 Å². The molecule has 0 spiro atoms. The van der Waals surface area contributed by atoms with E-state index in [0.29, 0.717) is 18.9 Å². The number of ether oxygens (including phenoxy) is 1. The highest BCUT2D eigenvalue weighted by Gasteiger charge is 2.26. The number of carbonyl (C=O) groups excluding carboxylic acids is 1. The van der Waals surface area contributed by atoms with Crippen LogP contribution >= 0.6 is 0 Å². The van der Waals surface area contributed by atoms with Crippen LogP contribution in [-0.2, 0) is 5.60 Å². The first-order chi connectivity index (χ1) is 11.0. The molecule has 2 amide bonds. The standard InChI is InChI=1S/C17H22N2O4/c1-13-5-7-14(8-6-13)22-11-9-18-16(20)19-12-17(2,21)15-4-3-10-23-15/h3-8,10,21H,9,11-12H2,1-2H3,(H2,18,19,20). The van der Waals surface area contributed by atoms with Crippen LogP contribution < -0.4 is 15.4 Å². The number of hydrogen-bond acceptors (Lipinski definition) is 4. The summed E-state index contributed by atoms with van der Waals surface area (Å²) >= 11 is 0. The monoisotopic (exact) mass is 318 g/mol. The molecule has 1 aromatic carbocycles. The quantitative estimate of drug-likeness (QED) is 0.683. The highest BCUT2D eigenvalue weighted by atomic mass is 16.5. The summed E-state index contributed by atoms with van der Waals surface area (Å²) in [5, 5.41) is 15.5. The molecule has 0 saturated heterocycles. The maximum Gasteiger partial charge on any atom is 0.315 e. The van der Waals surface area contributed by atoms with E-state index in [0.717, 1.165) is 5.75 Å². The Morgan fingerprint density at radius 3 is 2.65 bits per heavy atom. The first-order valence-corrected chi connectivity index (χ1v) is 7.45. The van der Waals surface area contributed by atoms with E-state index in [9.17, 15) is 9.90 Å². The van der Waals surface area contributed by atoms with Gasteiger partial charge in [0.25, 0.3) is 0 Å². The lowest BCUT2D eigenvalue weighted by atomic mass is 10.0. The van der Waals surface area contributed by atoms with Gasteiger partial charge in [-0.1, -0.05) is 17.7 Å². The number of amides is 2. The average molecular weight is 318 g/mol. The summed E-state index contributed by atoms with van der Waals surface area (Å²) in [6, 6.07) is 10.7. The van der Waals surface area contributed by atoms with Crippen molar-refractivity contribution in [2.24, 2.45) is 0 Å². The SMILES string of the molecule is Cc1ccc(OCCNC(=O)NCC(C)(O)c2ccco2)cc1. The van der Waals surface area contributed by atoms with Crippen molar-refractivity contribution in [3.8, 4) is 5.75 Å². The largest absolute Gasteiger partial charge is 0.492 e. The maximum atomic E-state index is 11.7. The molecule has 2 rings (SSSR count). The zero-order valence-electron chi connectivity index (χ0n) is 13.3. The second-order valence-corrected chi connectivity index (χ2v) is 5.52. The van der Waals surface area contributed by atoms with Gasteiger partial charge in [0.2, 0.25) is 0 Å². The van der Waals surface area contributed by atoms with Crippen LogP contribution in [0.2, 0.25) is 0 Å². The predicted molar refractivity (Wildman–Crippen MR) is 86.4 cm³/mol. The van der Waals surface area contributed by atoms with E-state index < -0.39 is 5.60 Å². The summed E-state index contributed by atoms with van der Waals surface area (Å²) in [7, 11) is 0. The molecule has 0 aliphatic carbocycles. The zero-order chi connectivity index (χ0) is 16.7. The van der Waals surface area contributed by atoms with Crippen LogP contribution in [0.1, 0.15) is 18.2 Å². The molecule has 0 bridgehead atoms. The number of urea groups is 1. The van der Waals surface area contributed by atoms with E-state index >= 15 is 0 Å². The lowest BCUT2D eigenvalue weighted by Crippen LogP contribution is -2.44. The number of aliphatic hydroxyl groups is 1. The molecule has 6 heteroatoms. The van der Waals surface area contributed by atoms with Crippen molar-refractivity contribution in [3.63, 3.8) is 0 Å². The minimum Gasteiger partial charge on any atom is -0.492 e. The minimum absolute atomic E-state index is 0.0468. The smallest absolute Gasteiger partial charge is 0.315 e. The molecule has 23 heavy (non-hydrogen) atoms. The van der Waals surface area contributed by atoms with Crippen LogP contribution in [0, 0.1) is 6.92 Å². The highest BCUT2D eigenvalue weighted by molar-refractivity contribution is 5.73. The fourth-order valence-electron chi connectivity index (χ4n) is 1.95. The maximum absolute atomic E-state index is 11.7. The molecule has 1 heterocycles. The third-order valence-corrected chi connectivity index (χ3v) is 3.32. The Morgan fingerprint density at radius 2 is 2.00 bits per heavy atom. The zero-order valence-corrected chi connectivity index (χ0v) is 13.3. The van der Waals surface area contributed by atoms with Crippen LogP contribution in [0.5, 0.6) is 5.75 Å². The molecule has 0 aliphatic rings. The number of nitrogens with one attached hydrogen (secondary N) is 2. The molecule has 3 N–H and O–H groups in total. The van der Waals surface area contributed by atoms with Crippen LogP contribution in [0.15, 0.2) is 47.1 Å². The number of hydrogen-bond donors (Lipinski definition) is 3. The van der Waals surface area contributed by atoms with Crippen molar-refractivity contribution in [1.82, 2.24) is 10.6 Å². The van der Waals surface area contributed by atoms with E-state index in [1.165, 1.54) is 11.8 Å². The van der Waals surface area contributed by atoms with Crippen molar-refractivity contribution >= 4 is 6.03 Å². The Balaban J connectivity index is 1.64. The van der Waals surface area contributed by atoms with Gasteiger partial charge in [-0.05, 0) is 38.1 Å². The van der Waals surface area contributed by atoms with E-state index in [1.807, 2.05) is 31.2 Å². The Labute approximate surface area is 135 Å². The molecule has 0 fully saturated rings. The van der Waals surface area contributed by atoms with Gasteiger partial charge >= 0.3 is 6.03 Å². The van der Waals surface area contributed by atoms with Crippen molar-refractivity contribution < 1.29 is 19.1 Å². The van der Waals surface area contributed by atoms with E-state index in [1.54, 1.807) is 19.1 Å². The Kier molecular flexibility index (Phi) is 5.65. The van der Waals surface area contributed by atoms with Crippen LogP contribution in [0.4, 0.5) is 4.79 Å². The predicted octanol–water partition coefficient (Wildman–Crippen LogP) is 2.17. The van der Waals surface area contributed by atoms with Gasteiger partial charge in [0.1, 0.15) is 23.7 Å². The summed E-state index contributed by atoms with van der Waals surface area (Å²) in [6.45, 7) is 4.36. The molecular weight excluding hydrogens is 296 g/mol. The van der Waals surface area contributed by atoms with Gasteiger partial charge in [-0.3, -0.25) is 0 Å². The van der Waals surface area contributed by atoms with E-state index in [4.69, 9.17) is 9.15 Å². The average Bonchev–Trinajstić information content (AvgIpc) is 3.07. The van der Waals surface area contributed by atoms with Gasteiger partial charge in [0.15, 0.2) is 0 Å². The molecule has 1 aromatic heterocycles. The van der Waals surface area contributed by atoms with Crippen molar-refractivity contribution in [2.75, 3.05) is 19.7 Å². The molecule has 0 aliphatic heterocycles. The summed E-state index contributed by atoms with van der Waals surface area (Å²) < 4.78 is 10.7. The molecule has 6 nitrogen and oxygen atoms in total. The summed E-state index contributed by atoms with van der Waals surface area (Å²) in [6.07, 6.45) is 1.48. The molecule has 0 radical (unpaired) electrons.